The summed E-state index contributed by atoms with van der Waals surface area (Å²) in [6.45, 7) is 1.58. The van der Waals surface area contributed by atoms with E-state index in [2.05, 4.69) is 15.5 Å². The van der Waals surface area contributed by atoms with E-state index in [-0.39, 0.29) is 24.1 Å². The molecule has 8 heteroatoms. The highest BCUT2D eigenvalue weighted by Crippen LogP contribution is 2.19. The van der Waals surface area contributed by atoms with E-state index in [1.807, 2.05) is 0 Å². The number of hydrogen-bond donors (Lipinski definition) is 2. The number of nitrogens with two attached hydrogens (primary N) is 1. The highest BCUT2D eigenvalue weighted by atomic mass is 35.5. The van der Waals surface area contributed by atoms with Gasteiger partial charge in [-0.2, -0.15) is 0 Å². The largest absolute Gasteiger partial charge is 0.320 e. The van der Waals surface area contributed by atoms with Gasteiger partial charge in [-0.05, 0) is 18.6 Å². The number of nitrogens with zero attached hydrogens (tertiary/aromatic N) is 2. The molecule has 1 aromatic carbocycles. The van der Waals surface area contributed by atoms with E-state index < -0.39 is 6.04 Å². The second-order valence-corrected chi connectivity index (χ2v) is 5.11. The molecule has 2 rings (SSSR count). The van der Waals surface area contributed by atoms with Gasteiger partial charge in [0.15, 0.2) is 0 Å². The molecule has 1 aromatic heterocycles. The van der Waals surface area contributed by atoms with Crippen molar-refractivity contribution in [3.63, 3.8) is 0 Å². The van der Waals surface area contributed by atoms with Crippen molar-refractivity contribution in [1.82, 2.24) is 10.2 Å². The molecule has 2 aromatic rings. The maximum Gasteiger partial charge on any atom is 0.242 e. The van der Waals surface area contributed by atoms with Crippen LogP contribution in [-0.4, -0.2) is 22.1 Å². The maximum atomic E-state index is 13.5. The van der Waals surface area contributed by atoms with Crippen LogP contribution >= 0.6 is 23.7 Å². The van der Waals surface area contributed by atoms with Gasteiger partial charge in [0.05, 0.1) is 6.04 Å². The molecule has 1 amide bonds. The van der Waals surface area contributed by atoms with Crippen molar-refractivity contribution >= 4 is 34.8 Å². The van der Waals surface area contributed by atoms with Crippen molar-refractivity contribution in [2.24, 2.45) is 5.73 Å². The fraction of sp³-hybridized carbons (Fsp3) is 0.250. The van der Waals surface area contributed by atoms with Gasteiger partial charge in [0.1, 0.15) is 10.8 Å². The summed E-state index contributed by atoms with van der Waals surface area (Å²) in [5.74, 6) is -0.604. The number of hydrogen-bond acceptors (Lipinski definition) is 5. The standard InChI is InChI=1S/C12H13FN4OS.ClH/c1-7(14)11(18)15-12-17-16-10(19-12)6-8-4-2-3-5-9(8)13;/h2-5,7H,6,14H2,1H3,(H,15,17,18);1H/t7-;/m0./s1. The minimum absolute atomic E-state index is 0. The summed E-state index contributed by atoms with van der Waals surface area (Å²) in [6, 6.07) is 5.87. The van der Waals surface area contributed by atoms with Crippen LogP contribution in [0.15, 0.2) is 24.3 Å². The van der Waals surface area contributed by atoms with Gasteiger partial charge in [-0.3, -0.25) is 10.1 Å². The number of anilines is 1. The Morgan fingerprint density at radius 2 is 2.15 bits per heavy atom. The molecule has 1 heterocycles. The molecule has 1 atom stereocenters. The van der Waals surface area contributed by atoms with Crippen LogP contribution in [0.2, 0.25) is 0 Å². The molecule has 0 saturated heterocycles. The second kappa shape index (κ2) is 7.28. The third-order valence-electron chi connectivity index (χ3n) is 2.41. The van der Waals surface area contributed by atoms with Crippen molar-refractivity contribution in [2.75, 3.05) is 5.32 Å². The van der Waals surface area contributed by atoms with E-state index >= 15 is 0 Å². The predicted molar refractivity (Wildman–Crippen MR) is 78.6 cm³/mol. The van der Waals surface area contributed by atoms with Gasteiger partial charge < -0.3 is 5.73 Å². The van der Waals surface area contributed by atoms with Crippen molar-refractivity contribution in [2.45, 2.75) is 19.4 Å². The fourth-order valence-corrected chi connectivity index (χ4v) is 2.17. The van der Waals surface area contributed by atoms with Crippen molar-refractivity contribution in [1.29, 1.82) is 0 Å². The minimum atomic E-state index is -0.612. The van der Waals surface area contributed by atoms with E-state index in [1.54, 1.807) is 25.1 Å². The lowest BCUT2D eigenvalue weighted by molar-refractivity contribution is -0.117. The smallest absolute Gasteiger partial charge is 0.242 e. The maximum absolute atomic E-state index is 13.5. The molecule has 20 heavy (non-hydrogen) atoms. The molecule has 0 aliphatic rings. The van der Waals surface area contributed by atoms with Crippen LogP contribution < -0.4 is 11.1 Å². The number of rotatable bonds is 4. The van der Waals surface area contributed by atoms with Crippen molar-refractivity contribution < 1.29 is 9.18 Å². The highest BCUT2D eigenvalue weighted by Gasteiger charge is 2.12. The van der Waals surface area contributed by atoms with Crippen LogP contribution in [0.1, 0.15) is 17.5 Å². The Balaban J connectivity index is 0.00000200. The molecule has 108 valence electrons. The molecule has 0 unspecified atom stereocenters. The quantitative estimate of drug-likeness (QED) is 0.903. The summed E-state index contributed by atoms with van der Waals surface area (Å²) >= 11 is 1.21. The van der Waals surface area contributed by atoms with Gasteiger partial charge >= 0.3 is 0 Å². The van der Waals surface area contributed by atoms with Crippen LogP contribution in [0.3, 0.4) is 0 Å². The monoisotopic (exact) mass is 316 g/mol. The number of nitrogens with one attached hydrogen (secondary N) is 1. The number of carbonyl (C=O) groups excluding carboxylic acids is 1. The number of carbonyl (C=O) groups is 1. The molecule has 0 aliphatic heterocycles. The van der Waals surface area contributed by atoms with Gasteiger partial charge in [0, 0.05) is 6.42 Å². The molecular formula is C12H14ClFN4OS. The zero-order valence-corrected chi connectivity index (χ0v) is 12.3. The van der Waals surface area contributed by atoms with Crippen LogP contribution in [0.4, 0.5) is 9.52 Å². The lowest BCUT2D eigenvalue weighted by Crippen LogP contribution is -2.32. The number of aromatic nitrogens is 2. The minimum Gasteiger partial charge on any atom is -0.320 e. The summed E-state index contributed by atoms with van der Waals surface area (Å²) < 4.78 is 13.5. The number of amides is 1. The van der Waals surface area contributed by atoms with Gasteiger partial charge in [-0.25, -0.2) is 4.39 Å². The number of halogens is 2. The Kier molecular flexibility index (Phi) is 6.00. The molecule has 0 saturated carbocycles. The molecule has 0 radical (unpaired) electrons. The topological polar surface area (TPSA) is 80.9 Å². The first-order chi connectivity index (χ1) is 9.06. The molecular weight excluding hydrogens is 303 g/mol. The third kappa shape index (κ3) is 4.22. The Bertz CT molecular complexity index is 590. The average molecular weight is 317 g/mol. The van der Waals surface area contributed by atoms with Crippen LogP contribution in [0.5, 0.6) is 0 Å². The Labute approximate surface area is 125 Å². The average Bonchev–Trinajstić information content (AvgIpc) is 2.79. The van der Waals surface area contributed by atoms with E-state index in [0.29, 0.717) is 22.1 Å². The predicted octanol–water partition coefficient (Wildman–Crippen LogP) is 1.98. The molecule has 0 aliphatic carbocycles. The van der Waals surface area contributed by atoms with Crippen molar-refractivity contribution in [3.05, 3.63) is 40.7 Å². The zero-order valence-electron chi connectivity index (χ0n) is 10.7. The molecule has 0 fully saturated rings. The first kappa shape index (κ1) is 16.5. The van der Waals surface area contributed by atoms with E-state index in [1.165, 1.54) is 17.4 Å². The Morgan fingerprint density at radius 1 is 1.45 bits per heavy atom. The van der Waals surface area contributed by atoms with Crippen LogP contribution in [0.25, 0.3) is 0 Å². The summed E-state index contributed by atoms with van der Waals surface area (Å²) in [4.78, 5) is 11.4. The molecule has 3 N–H and O–H groups in total. The van der Waals surface area contributed by atoms with Gasteiger partial charge in [0.25, 0.3) is 0 Å². The third-order valence-corrected chi connectivity index (χ3v) is 3.25. The van der Waals surface area contributed by atoms with E-state index in [9.17, 15) is 9.18 Å². The summed E-state index contributed by atoms with van der Waals surface area (Å²) in [7, 11) is 0. The van der Waals surface area contributed by atoms with E-state index in [4.69, 9.17) is 5.73 Å². The molecule has 0 bridgehead atoms. The summed E-state index contributed by atoms with van der Waals surface area (Å²) in [6.07, 6.45) is 0.346. The molecule has 5 nitrogen and oxygen atoms in total. The van der Waals surface area contributed by atoms with Gasteiger partial charge in [-0.1, -0.05) is 29.5 Å². The van der Waals surface area contributed by atoms with Crippen LogP contribution in [0, 0.1) is 5.82 Å². The van der Waals surface area contributed by atoms with Gasteiger partial charge in [0.2, 0.25) is 11.0 Å². The highest BCUT2D eigenvalue weighted by molar-refractivity contribution is 7.15. The first-order valence-electron chi connectivity index (χ1n) is 5.68. The molecule has 0 spiro atoms. The fourth-order valence-electron chi connectivity index (χ4n) is 1.40. The first-order valence-corrected chi connectivity index (χ1v) is 6.50. The normalized spacial score (nSPS) is 11.6. The van der Waals surface area contributed by atoms with Crippen molar-refractivity contribution in [3.8, 4) is 0 Å². The van der Waals surface area contributed by atoms with Crippen LogP contribution in [-0.2, 0) is 11.2 Å². The summed E-state index contributed by atoms with van der Waals surface area (Å²) in [5, 5.41) is 11.3. The van der Waals surface area contributed by atoms with E-state index in [0.717, 1.165) is 0 Å². The second-order valence-electron chi connectivity index (χ2n) is 4.05. The lowest BCUT2D eigenvalue weighted by Gasteiger charge is -2.02. The SMILES string of the molecule is C[C@H](N)C(=O)Nc1nnc(Cc2ccccc2F)s1.Cl. The summed E-state index contributed by atoms with van der Waals surface area (Å²) in [5.41, 5.74) is 5.97. The number of benzene rings is 1. The Hall–Kier alpha value is -1.57. The Morgan fingerprint density at radius 3 is 2.80 bits per heavy atom. The lowest BCUT2D eigenvalue weighted by atomic mass is 10.1. The zero-order chi connectivity index (χ0) is 13.8. The van der Waals surface area contributed by atoms with Gasteiger partial charge in [-0.15, -0.1) is 22.6 Å².